The summed E-state index contributed by atoms with van der Waals surface area (Å²) in [5, 5.41) is 2.90. The molecular weight excluding hydrogens is 366 g/mol. The van der Waals surface area contributed by atoms with Crippen LogP contribution in [0.3, 0.4) is 0 Å². The molecule has 0 saturated carbocycles. The van der Waals surface area contributed by atoms with Gasteiger partial charge in [0.25, 0.3) is 5.91 Å². The Balaban J connectivity index is 1.59. The number of benzene rings is 3. The van der Waals surface area contributed by atoms with Gasteiger partial charge in [-0.1, -0.05) is 36.4 Å². The van der Waals surface area contributed by atoms with E-state index in [0.717, 1.165) is 5.75 Å². The first kappa shape index (κ1) is 20.3. The largest absolute Gasteiger partial charge is 0.491 e. The highest BCUT2D eigenvalue weighted by Crippen LogP contribution is 2.22. The minimum absolute atomic E-state index is 0.0631. The number of carbonyl (C=O) groups excluding carboxylic acids is 1. The third-order valence-corrected chi connectivity index (χ3v) is 3.95. The fraction of sp³-hybridized carbons (Fsp3) is 0.208. The number of amides is 1. The van der Waals surface area contributed by atoms with Crippen molar-refractivity contribution in [2.24, 2.45) is 0 Å². The molecule has 0 aliphatic carbocycles. The first-order chi connectivity index (χ1) is 14.1. The third kappa shape index (κ3) is 6.28. The molecule has 150 valence electrons. The van der Waals surface area contributed by atoms with E-state index in [9.17, 15) is 4.79 Å². The van der Waals surface area contributed by atoms with E-state index in [0.29, 0.717) is 36.0 Å². The molecule has 3 aromatic rings. The Morgan fingerprint density at radius 2 is 1.52 bits per heavy atom. The predicted octanol–water partition coefficient (Wildman–Crippen LogP) is 5.18. The van der Waals surface area contributed by atoms with E-state index in [1.54, 1.807) is 24.3 Å². The van der Waals surface area contributed by atoms with Crippen molar-refractivity contribution in [1.82, 2.24) is 0 Å². The third-order valence-electron chi connectivity index (χ3n) is 3.95. The lowest BCUT2D eigenvalue weighted by Crippen LogP contribution is -2.15. The van der Waals surface area contributed by atoms with E-state index in [-0.39, 0.29) is 12.0 Å². The molecule has 0 heterocycles. The van der Waals surface area contributed by atoms with Gasteiger partial charge in [-0.3, -0.25) is 4.79 Å². The van der Waals surface area contributed by atoms with Gasteiger partial charge in [-0.25, -0.2) is 0 Å². The summed E-state index contributed by atoms with van der Waals surface area (Å²) in [6.07, 6.45) is 0.0631. The van der Waals surface area contributed by atoms with E-state index >= 15 is 0 Å². The number of nitrogens with one attached hydrogen (secondary N) is 1. The molecule has 0 spiro atoms. The molecule has 3 aromatic carbocycles. The van der Waals surface area contributed by atoms with Crippen LogP contribution >= 0.6 is 0 Å². The first-order valence-corrected chi connectivity index (χ1v) is 9.59. The maximum atomic E-state index is 12.8. The summed E-state index contributed by atoms with van der Waals surface area (Å²) < 4.78 is 17.1. The molecular formula is C24H25NO4. The average Bonchev–Trinajstić information content (AvgIpc) is 2.72. The number of anilines is 1. The fourth-order valence-corrected chi connectivity index (χ4v) is 2.73. The molecule has 0 aliphatic rings. The summed E-state index contributed by atoms with van der Waals surface area (Å²) in [6, 6.07) is 24.0. The smallest absolute Gasteiger partial charge is 0.259 e. The lowest BCUT2D eigenvalue weighted by Gasteiger charge is -2.14. The zero-order valence-corrected chi connectivity index (χ0v) is 16.6. The van der Waals surface area contributed by atoms with Crippen LogP contribution in [0, 0.1) is 0 Å². The molecule has 0 aliphatic heterocycles. The minimum atomic E-state index is -0.244. The average molecular weight is 391 g/mol. The second-order valence-electron chi connectivity index (χ2n) is 6.65. The molecule has 1 amide bonds. The molecule has 29 heavy (non-hydrogen) atoms. The van der Waals surface area contributed by atoms with E-state index in [4.69, 9.17) is 14.2 Å². The molecule has 0 radical (unpaired) electrons. The molecule has 5 heteroatoms. The van der Waals surface area contributed by atoms with E-state index < -0.39 is 0 Å². The second-order valence-corrected chi connectivity index (χ2v) is 6.65. The Bertz CT molecular complexity index is 925. The molecule has 0 fully saturated rings. The van der Waals surface area contributed by atoms with Crippen LogP contribution in [0.1, 0.15) is 24.2 Å². The normalized spacial score (nSPS) is 10.4. The summed E-state index contributed by atoms with van der Waals surface area (Å²) in [5.74, 6) is 1.76. The van der Waals surface area contributed by atoms with Gasteiger partial charge in [0.15, 0.2) is 0 Å². The van der Waals surface area contributed by atoms with Crippen molar-refractivity contribution >= 4 is 11.6 Å². The number of hydrogen-bond donors (Lipinski definition) is 1. The molecule has 0 unspecified atom stereocenters. The minimum Gasteiger partial charge on any atom is -0.491 e. The second kappa shape index (κ2) is 10.2. The highest BCUT2D eigenvalue weighted by atomic mass is 16.5. The summed E-state index contributed by atoms with van der Waals surface area (Å²) in [6.45, 7) is 4.63. The number of ether oxygens (including phenoxy) is 3. The van der Waals surface area contributed by atoms with Gasteiger partial charge in [-0.15, -0.1) is 0 Å². The van der Waals surface area contributed by atoms with Gasteiger partial charge in [-0.2, -0.15) is 0 Å². The van der Waals surface area contributed by atoms with Crippen molar-refractivity contribution in [3.05, 3.63) is 84.4 Å². The van der Waals surface area contributed by atoms with Crippen LogP contribution in [0.5, 0.6) is 17.2 Å². The van der Waals surface area contributed by atoms with Crippen molar-refractivity contribution < 1.29 is 19.0 Å². The Morgan fingerprint density at radius 3 is 2.31 bits per heavy atom. The van der Waals surface area contributed by atoms with Crippen LogP contribution in [0.15, 0.2) is 78.9 Å². The number of carbonyl (C=O) groups is 1. The Morgan fingerprint density at radius 1 is 0.828 bits per heavy atom. The summed E-state index contributed by atoms with van der Waals surface area (Å²) in [4.78, 5) is 12.8. The maximum Gasteiger partial charge on any atom is 0.259 e. The van der Waals surface area contributed by atoms with Crippen molar-refractivity contribution in [2.75, 3.05) is 18.5 Å². The quantitative estimate of drug-likeness (QED) is 0.511. The van der Waals surface area contributed by atoms with Gasteiger partial charge in [0.1, 0.15) is 30.5 Å². The fourth-order valence-electron chi connectivity index (χ4n) is 2.73. The first-order valence-electron chi connectivity index (χ1n) is 9.59. The molecule has 0 aromatic heterocycles. The van der Waals surface area contributed by atoms with E-state index in [1.807, 2.05) is 68.4 Å². The van der Waals surface area contributed by atoms with Crippen LogP contribution in [-0.2, 0) is 0 Å². The van der Waals surface area contributed by atoms with Crippen molar-refractivity contribution in [3.63, 3.8) is 0 Å². The lowest BCUT2D eigenvalue weighted by atomic mass is 10.2. The summed E-state index contributed by atoms with van der Waals surface area (Å²) in [7, 11) is 0. The summed E-state index contributed by atoms with van der Waals surface area (Å²) >= 11 is 0. The van der Waals surface area contributed by atoms with Crippen molar-refractivity contribution in [2.45, 2.75) is 20.0 Å². The van der Waals surface area contributed by atoms with Crippen LogP contribution in [-0.4, -0.2) is 25.2 Å². The van der Waals surface area contributed by atoms with Gasteiger partial charge in [0.05, 0.1) is 11.7 Å². The van der Waals surface area contributed by atoms with E-state index in [2.05, 4.69) is 5.32 Å². The molecule has 0 saturated heterocycles. The van der Waals surface area contributed by atoms with Gasteiger partial charge in [0, 0.05) is 11.8 Å². The molecule has 3 rings (SSSR count). The number of rotatable bonds is 9. The van der Waals surface area contributed by atoms with Gasteiger partial charge in [-0.05, 0) is 50.2 Å². The monoisotopic (exact) mass is 391 g/mol. The highest BCUT2D eigenvalue weighted by molar-refractivity contribution is 6.06. The van der Waals surface area contributed by atoms with Gasteiger partial charge < -0.3 is 19.5 Å². The van der Waals surface area contributed by atoms with Gasteiger partial charge >= 0.3 is 0 Å². The highest BCUT2D eigenvalue weighted by Gasteiger charge is 2.13. The lowest BCUT2D eigenvalue weighted by molar-refractivity contribution is 0.102. The van der Waals surface area contributed by atoms with Crippen molar-refractivity contribution in [3.8, 4) is 17.2 Å². The Kier molecular flexibility index (Phi) is 7.11. The standard InChI is InChI=1S/C24H25NO4/c1-18(2)29-21-12-8-9-19(17-21)25-24(26)22-13-6-7-14-23(22)28-16-15-27-20-10-4-3-5-11-20/h3-14,17-18H,15-16H2,1-2H3,(H,25,26). The molecule has 0 atom stereocenters. The summed E-state index contributed by atoms with van der Waals surface area (Å²) in [5.41, 5.74) is 1.12. The zero-order chi connectivity index (χ0) is 20.5. The number of hydrogen-bond acceptors (Lipinski definition) is 4. The Hall–Kier alpha value is -3.47. The molecule has 0 bridgehead atoms. The molecule has 5 nitrogen and oxygen atoms in total. The Labute approximate surface area is 171 Å². The van der Waals surface area contributed by atoms with E-state index in [1.165, 1.54) is 0 Å². The van der Waals surface area contributed by atoms with Crippen LogP contribution in [0.4, 0.5) is 5.69 Å². The van der Waals surface area contributed by atoms with Crippen LogP contribution in [0.2, 0.25) is 0 Å². The van der Waals surface area contributed by atoms with Gasteiger partial charge in [0.2, 0.25) is 0 Å². The van der Waals surface area contributed by atoms with Crippen LogP contribution < -0.4 is 19.5 Å². The molecule has 1 N–H and O–H groups in total. The van der Waals surface area contributed by atoms with Crippen molar-refractivity contribution in [1.29, 1.82) is 0 Å². The number of para-hydroxylation sites is 2. The SMILES string of the molecule is CC(C)Oc1cccc(NC(=O)c2ccccc2OCCOc2ccccc2)c1. The topological polar surface area (TPSA) is 56.8 Å². The maximum absolute atomic E-state index is 12.8. The predicted molar refractivity (Wildman–Crippen MR) is 114 cm³/mol. The van der Waals surface area contributed by atoms with Crippen LogP contribution in [0.25, 0.3) is 0 Å². The zero-order valence-electron chi connectivity index (χ0n) is 16.6.